The first-order chi connectivity index (χ1) is 25.1. The summed E-state index contributed by atoms with van der Waals surface area (Å²) in [5, 5.41) is 12.3. The lowest BCUT2D eigenvalue weighted by molar-refractivity contribution is -0.290. The number of ether oxygens (including phenoxy) is 8. The Morgan fingerprint density at radius 3 is 1.69 bits per heavy atom. The number of ketones is 1. The standard InChI is InChI=1S/C41H42O10/c42-37-32-26-48-40(50-32)39-41(37,51-39)38(43)36-35(47-24-30-19-11-4-12-20-30)34(46-23-29-17-9-3-10-18-29)33(45-22-28-15-7-2-8-16-28)31(49-36)25-44-21-27-13-5-1-6-14-27/h1-20,31-36,38-40,43H,21-26H2/t31-,32+,33-,34+,35-,36-,38+,39+,40-,41+/m1/s1. The van der Waals surface area contributed by atoms with E-state index < -0.39 is 60.7 Å². The van der Waals surface area contributed by atoms with Crippen molar-refractivity contribution in [2.45, 2.75) is 87.2 Å². The van der Waals surface area contributed by atoms with Gasteiger partial charge in [0, 0.05) is 0 Å². The molecule has 0 aliphatic carbocycles. The van der Waals surface area contributed by atoms with Crippen LogP contribution in [0.1, 0.15) is 22.3 Å². The molecule has 8 rings (SSSR count). The summed E-state index contributed by atoms with van der Waals surface area (Å²) >= 11 is 0. The van der Waals surface area contributed by atoms with Crippen LogP contribution in [-0.2, 0) is 69.1 Å². The Labute approximate surface area is 297 Å². The number of carbonyl (C=O) groups is 1. The number of fused-ring (bicyclic) bond motifs is 4. The van der Waals surface area contributed by atoms with E-state index in [0.29, 0.717) is 6.61 Å². The maximum atomic E-state index is 13.8. The number of carbonyl (C=O) groups excluding carboxylic acids is 1. The Morgan fingerprint density at radius 1 is 0.647 bits per heavy atom. The average Bonchev–Trinajstić information content (AvgIpc) is 3.80. The van der Waals surface area contributed by atoms with Gasteiger partial charge in [0.05, 0.1) is 39.6 Å². The highest BCUT2D eigenvalue weighted by atomic mass is 16.8. The number of hydrogen-bond donors (Lipinski definition) is 1. The highest BCUT2D eigenvalue weighted by Crippen LogP contribution is 2.53. The van der Waals surface area contributed by atoms with Gasteiger partial charge in [-0.3, -0.25) is 4.79 Å². The van der Waals surface area contributed by atoms with Crippen molar-refractivity contribution < 1.29 is 47.8 Å². The molecular formula is C41H42O10. The maximum Gasteiger partial charge on any atom is 0.201 e. The van der Waals surface area contributed by atoms with Crippen molar-refractivity contribution in [1.29, 1.82) is 0 Å². The lowest BCUT2D eigenvalue weighted by atomic mass is 9.81. The molecule has 4 aromatic rings. The van der Waals surface area contributed by atoms with Gasteiger partial charge in [0.15, 0.2) is 11.9 Å². The number of hydrogen-bond acceptors (Lipinski definition) is 10. The first-order valence-corrected chi connectivity index (χ1v) is 17.5. The van der Waals surface area contributed by atoms with E-state index in [2.05, 4.69) is 0 Å². The molecule has 10 nitrogen and oxygen atoms in total. The minimum absolute atomic E-state index is 0.117. The van der Waals surface area contributed by atoms with Crippen LogP contribution in [0.4, 0.5) is 0 Å². The first kappa shape index (κ1) is 34.3. The zero-order valence-electron chi connectivity index (χ0n) is 28.1. The second kappa shape index (κ2) is 15.4. The molecule has 2 bridgehead atoms. The van der Waals surface area contributed by atoms with Crippen molar-refractivity contribution >= 4 is 5.78 Å². The third-order valence-electron chi connectivity index (χ3n) is 9.99. The predicted molar refractivity (Wildman–Crippen MR) is 183 cm³/mol. The highest BCUT2D eigenvalue weighted by Gasteiger charge is 2.78. The normalized spacial score (nSPS) is 31.6. The zero-order valence-corrected chi connectivity index (χ0v) is 28.1. The molecule has 10 atom stereocenters. The SMILES string of the molecule is O=C1[C@@H]2CO[C@H](O2)[C@@H]2O[C@]12[C@@H](O)[C@@H]1O[C@H](COCc2ccccc2)[C@@H](OCc2ccccc2)[C@H](OCc2ccccc2)[C@H]1OCc1ccccc1. The third-order valence-corrected chi connectivity index (χ3v) is 9.99. The van der Waals surface area contributed by atoms with Crippen LogP contribution in [-0.4, -0.2) is 84.8 Å². The molecule has 1 N–H and O–H groups in total. The summed E-state index contributed by atoms with van der Waals surface area (Å²) in [4.78, 5) is 13.8. The number of benzene rings is 4. The molecule has 0 saturated carbocycles. The van der Waals surface area contributed by atoms with Crippen LogP contribution in [0.2, 0.25) is 0 Å². The van der Waals surface area contributed by atoms with E-state index in [1.165, 1.54) is 0 Å². The van der Waals surface area contributed by atoms with E-state index in [0.717, 1.165) is 22.3 Å². The molecule has 0 radical (unpaired) electrons. The third kappa shape index (κ3) is 7.30. The summed E-state index contributed by atoms with van der Waals surface area (Å²) in [6.07, 6.45) is -7.88. The van der Waals surface area contributed by atoms with Crippen LogP contribution in [0.15, 0.2) is 121 Å². The van der Waals surface area contributed by atoms with E-state index >= 15 is 0 Å². The van der Waals surface area contributed by atoms with Gasteiger partial charge in [-0.25, -0.2) is 0 Å². The molecule has 266 valence electrons. The predicted octanol–water partition coefficient (Wildman–Crippen LogP) is 4.55. The maximum absolute atomic E-state index is 13.8. The molecule has 4 aromatic carbocycles. The Balaban J connectivity index is 1.14. The van der Waals surface area contributed by atoms with Gasteiger partial charge in [0.2, 0.25) is 5.78 Å². The molecule has 0 spiro atoms. The van der Waals surface area contributed by atoms with Crippen LogP contribution < -0.4 is 0 Å². The second-order valence-electron chi connectivity index (χ2n) is 13.4. The lowest BCUT2D eigenvalue weighted by Crippen LogP contribution is -2.67. The summed E-state index contributed by atoms with van der Waals surface area (Å²) in [6, 6.07) is 39.3. The van der Waals surface area contributed by atoms with Crippen molar-refractivity contribution in [1.82, 2.24) is 0 Å². The van der Waals surface area contributed by atoms with E-state index in [1.807, 2.05) is 121 Å². The fourth-order valence-electron chi connectivity index (χ4n) is 7.31. The van der Waals surface area contributed by atoms with Gasteiger partial charge in [-0.15, -0.1) is 0 Å². The summed E-state index contributed by atoms with van der Waals surface area (Å²) in [7, 11) is 0. The summed E-state index contributed by atoms with van der Waals surface area (Å²) in [5.41, 5.74) is 2.31. The van der Waals surface area contributed by atoms with Gasteiger partial charge in [0.1, 0.15) is 48.8 Å². The molecule has 4 heterocycles. The molecule has 4 aliphatic heterocycles. The lowest BCUT2D eigenvalue weighted by Gasteiger charge is -2.48. The summed E-state index contributed by atoms with van der Waals surface area (Å²) < 4.78 is 50.8. The van der Waals surface area contributed by atoms with Crippen LogP contribution >= 0.6 is 0 Å². The van der Waals surface area contributed by atoms with E-state index in [9.17, 15) is 9.90 Å². The van der Waals surface area contributed by atoms with Gasteiger partial charge in [-0.2, -0.15) is 0 Å². The molecule has 4 aliphatic rings. The Hall–Kier alpha value is -3.81. The van der Waals surface area contributed by atoms with E-state index in [-0.39, 0.29) is 38.8 Å². The van der Waals surface area contributed by atoms with Gasteiger partial charge in [-0.05, 0) is 22.3 Å². The minimum Gasteiger partial charge on any atom is -0.387 e. The Kier molecular flexibility index (Phi) is 10.4. The van der Waals surface area contributed by atoms with Crippen LogP contribution in [0, 0.1) is 0 Å². The second-order valence-corrected chi connectivity index (χ2v) is 13.4. The Bertz CT molecular complexity index is 1710. The topological polar surface area (TPSA) is 114 Å². The Morgan fingerprint density at radius 2 is 1.14 bits per heavy atom. The largest absolute Gasteiger partial charge is 0.387 e. The van der Waals surface area contributed by atoms with Crippen LogP contribution in [0.5, 0.6) is 0 Å². The van der Waals surface area contributed by atoms with Crippen LogP contribution in [0.25, 0.3) is 0 Å². The minimum atomic E-state index is -1.56. The number of aliphatic hydroxyl groups excluding tert-OH is 1. The number of aliphatic hydroxyl groups is 1. The summed E-state index contributed by atoms with van der Waals surface area (Å²) in [6.45, 7) is 1.31. The van der Waals surface area contributed by atoms with E-state index in [4.69, 9.17) is 37.9 Å². The van der Waals surface area contributed by atoms with Gasteiger partial charge < -0.3 is 43.0 Å². The molecular weight excluding hydrogens is 652 g/mol. The smallest absolute Gasteiger partial charge is 0.201 e. The monoisotopic (exact) mass is 694 g/mol. The molecule has 0 amide bonds. The van der Waals surface area contributed by atoms with Gasteiger partial charge in [0.25, 0.3) is 0 Å². The highest BCUT2D eigenvalue weighted by molar-refractivity contribution is 5.96. The zero-order chi connectivity index (χ0) is 34.6. The van der Waals surface area contributed by atoms with Crippen molar-refractivity contribution in [3.05, 3.63) is 144 Å². The molecule has 51 heavy (non-hydrogen) atoms. The average molecular weight is 695 g/mol. The van der Waals surface area contributed by atoms with Crippen LogP contribution in [0.3, 0.4) is 0 Å². The number of Topliss-reactive ketones (excluding diaryl/α,β-unsaturated/α-hetero) is 1. The molecule has 4 fully saturated rings. The molecule has 0 aromatic heterocycles. The van der Waals surface area contributed by atoms with Gasteiger partial charge in [-0.1, -0.05) is 121 Å². The molecule has 10 heteroatoms. The molecule has 0 unspecified atom stereocenters. The van der Waals surface area contributed by atoms with Crippen molar-refractivity contribution in [3.63, 3.8) is 0 Å². The fraction of sp³-hybridized carbons (Fsp3) is 0.390. The van der Waals surface area contributed by atoms with Crippen molar-refractivity contribution in [2.24, 2.45) is 0 Å². The van der Waals surface area contributed by atoms with Crippen molar-refractivity contribution in [2.75, 3.05) is 13.2 Å². The van der Waals surface area contributed by atoms with Gasteiger partial charge >= 0.3 is 0 Å². The summed E-state index contributed by atoms with van der Waals surface area (Å²) in [5.74, 6) is -0.361. The quantitative estimate of drug-likeness (QED) is 0.178. The van der Waals surface area contributed by atoms with E-state index in [1.54, 1.807) is 0 Å². The number of rotatable bonds is 15. The first-order valence-electron chi connectivity index (χ1n) is 17.5. The fourth-order valence-corrected chi connectivity index (χ4v) is 7.31. The molecule has 4 saturated heterocycles. The number of epoxide rings is 1. The van der Waals surface area contributed by atoms with Crippen molar-refractivity contribution in [3.8, 4) is 0 Å².